The van der Waals surface area contributed by atoms with E-state index in [0.29, 0.717) is 17.6 Å². The lowest BCUT2D eigenvalue weighted by Crippen LogP contribution is -2.42. The van der Waals surface area contributed by atoms with Crippen molar-refractivity contribution in [3.05, 3.63) is 24.3 Å². The Bertz CT molecular complexity index is 855. The molecule has 7 heteroatoms. The van der Waals surface area contributed by atoms with E-state index in [4.69, 9.17) is 0 Å². The molecule has 1 aliphatic heterocycles. The number of nitrogens with zero attached hydrogens (tertiary/aromatic N) is 4. The van der Waals surface area contributed by atoms with Crippen LogP contribution in [-0.4, -0.2) is 48.7 Å². The fraction of sp³-hybridized carbons (Fsp3) is 0.438. The number of hydrogen-bond donors (Lipinski definition) is 1. The first kappa shape index (κ1) is 14.6. The van der Waals surface area contributed by atoms with Crippen LogP contribution >= 0.6 is 11.8 Å². The van der Waals surface area contributed by atoms with Crippen molar-refractivity contribution >= 4 is 34.5 Å². The molecule has 4 rings (SSSR count). The minimum absolute atomic E-state index is 0.197. The van der Waals surface area contributed by atoms with Gasteiger partial charge in [0.2, 0.25) is 11.7 Å². The number of likely N-dealkylation sites (tertiary alicyclic amines) is 1. The lowest BCUT2D eigenvalue weighted by atomic mass is 10.0. The van der Waals surface area contributed by atoms with E-state index >= 15 is 0 Å². The highest BCUT2D eigenvalue weighted by Crippen LogP contribution is 2.24. The van der Waals surface area contributed by atoms with E-state index in [1.165, 1.54) is 18.2 Å². The average Bonchev–Trinajstić information content (AvgIpc) is 3.12. The van der Waals surface area contributed by atoms with Gasteiger partial charge in [0.25, 0.3) is 0 Å². The van der Waals surface area contributed by atoms with Gasteiger partial charge in [-0.1, -0.05) is 23.9 Å². The van der Waals surface area contributed by atoms with Crippen molar-refractivity contribution in [3.63, 3.8) is 0 Å². The third-order valence-corrected chi connectivity index (χ3v) is 5.38. The minimum atomic E-state index is 0.197. The summed E-state index contributed by atoms with van der Waals surface area (Å²) in [6.45, 7) is 3.02. The van der Waals surface area contributed by atoms with E-state index in [1.807, 2.05) is 33.6 Å². The monoisotopic (exact) mass is 329 g/mol. The number of carbonyl (C=O) groups excluding carboxylic acids is 1. The van der Waals surface area contributed by atoms with Gasteiger partial charge in [-0.05, 0) is 38.3 Å². The number of amides is 1. The maximum atomic E-state index is 12.5. The molecule has 3 aromatic rings. The number of imidazole rings is 1. The third kappa shape index (κ3) is 2.59. The number of thioether (sulfide) groups is 1. The molecule has 3 heterocycles. The quantitative estimate of drug-likeness (QED) is 0.750. The van der Waals surface area contributed by atoms with Crippen molar-refractivity contribution < 1.29 is 4.79 Å². The summed E-state index contributed by atoms with van der Waals surface area (Å²) >= 11 is 1.47. The molecular weight excluding hydrogens is 310 g/mol. The van der Waals surface area contributed by atoms with Crippen LogP contribution in [0.25, 0.3) is 16.8 Å². The molecule has 6 nitrogen and oxygen atoms in total. The fourth-order valence-electron chi connectivity index (χ4n) is 3.22. The molecule has 0 radical (unpaired) electrons. The Balaban J connectivity index is 1.55. The minimum Gasteiger partial charge on any atom is -0.339 e. The van der Waals surface area contributed by atoms with Crippen LogP contribution in [0.5, 0.6) is 0 Å². The summed E-state index contributed by atoms with van der Waals surface area (Å²) in [5.74, 6) is 1.33. The largest absolute Gasteiger partial charge is 0.339 e. The molecule has 1 amide bonds. The summed E-state index contributed by atoms with van der Waals surface area (Å²) in [5, 5.41) is 8.04. The van der Waals surface area contributed by atoms with Crippen LogP contribution < -0.4 is 0 Å². The van der Waals surface area contributed by atoms with Crippen molar-refractivity contribution in [1.29, 1.82) is 0 Å². The topological polar surface area (TPSA) is 66.3 Å². The zero-order chi connectivity index (χ0) is 15.8. The number of hydrogen-bond acceptors (Lipinski definition) is 4. The molecular formula is C16H19N5OS. The molecule has 0 unspecified atom stereocenters. The summed E-state index contributed by atoms with van der Waals surface area (Å²) in [6, 6.07) is 8.30. The predicted molar refractivity (Wildman–Crippen MR) is 90.6 cm³/mol. The van der Waals surface area contributed by atoms with Crippen molar-refractivity contribution in [2.45, 2.75) is 37.4 Å². The number of piperidine rings is 1. The Morgan fingerprint density at radius 2 is 2.26 bits per heavy atom. The fourth-order valence-corrected chi connectivity index (χ4v) is 4.06. The number of rotatable bonds is 3. The number of nitrogens with one attached hydrogen (secondary N) is 1. The predicted octanol–water partition coefficient (Wildman–Crippen LogP) is 2.70. The molecule has 1 fully saturated rings. The molecule has 1 atom stereocenters. The molecule has 1 N–H and O–H groups in total. The highest BCUT2D eigenvalue weighted by Gasteiger charge is 2.23. The Labute approximate surface area is 138 Å². The molecule has 1 aromatic carbocycles. The highest BCUT2D eigenvalue weighted by atomic mass is 32.2. The van der Waals surface area contributed by atoms with Crippen LogP contribution in [0.15, 0.2) is 29.4 Å². The molecule has 120 valence electrons. The number of aromatic nitrogens is 4. The van der Waals surface area contributed by atoms with Gasteiger partial charge in [-0.2, -0.15) is 0 Å². The first-order valence-electron chi connectivity index (χ1n) is 7.98. The van der Waals surface area contributed by atoms with Crippen LogP contribution in [0.3, 0.4) is 0 Å². The van der Waals surface area contributed by atoms with Gasteiger partial charge >= 0.3 is 0 Å². The highest BCUT2D eigenvalue weighted by molar-refractivity contribution is 7.99. The van der Waals surface area contributed by atoms with Gasteiger partial charge in [0, 0.05) is 12.6 Å². The van der Waals surface area contributed by atoms with Crippen LogP contribution in [0, 0.1) is 0 Å². The molecule has 1 saturated heterocycles. The second-order valence-electron chi connectivity index (χ2n) is 5.99. The zero-order valence-corrected chi connectivity index (χ0v) is 13.8. The van der Waals surface area contributed by atoms with Gasteiger partial charge in [-0.15, -0.1) is 5.10 Å². The summed E-state index contributed by atoms with van der Waals surface area (Å²) < 4.78 is 1.98. The van der Waals surface area contributed by atoms with E-state index in [1.54, 1.807) is 0 Å². The van der Waals surface area contributed by atoms with E-state index < -0.39 is 0 Å². The molecule has 2 aromatic heterocycles. The average molecular weight is 329 g/mol. The lowest BCUT2D eigenvalue weighted by Gasteiger charge is -2.33. The normalized spacial score (nSPS) is 18.8. The molecule has 23 heavy (non-hydrogen) atoms. The molecule has 0 spiro atoms. The molecule has 0 bridgehead atoms. The Morgan fingerprint density at radius 3 is 3.13 bits per heavy atom. The van der Waals surface area contributed by atoms with Crippen molar-refractivity contribution in [3.8, 4) is 0 Å². The van der Waals surface area contributed by atoms with Crippen LogP contribution in [-0.2, 0) is 4.79 Å². The third-order valence-electron chi connectivity index (χ3n) is 4.45. The van der Waals surface area contributed by atoms with Gasteiger partial charge in [-0.25, -0.2) is 10.1 Å². The van der Waals surface area contributed by atoms with Crippen LogP contribution in [0.4, 0.5) is 0 Å². The van der Waals surface area contributed by atoms with Gasteiger partial charge < -0.3 is 4.90 Å². The van der Waals surface area contributed by atoms with Crippen molar-refractivity contribution in [2.75, 3.05) is 12.3 Å². The summed E-state index contributed by atoms with van der Waals surface area (Å²) in [4.78, 5) is 19.0. The van der Waals surface area contributed by atoms with Gasteiger partial charge in [0.1, 0.15) is 0 Å². The standard InChI is InChI=1S/C16H19N5OS/c1-11-6-4-5-9-20(11)14(22)10-23-16-19-18-15-17-12-7-2-3-8-13(12)21(15)16/h2-3,7-8,11H,4-6,9-10H2,1H3,(H,17,18)/t11-/m0/s1. The van der Waals surface area contributed by atoms with Crippen molar-refractivity contribution in [1.82, 2.24) is 24.5 Å². The molecule has 0 aliphatic carbocycles. The smallest absolute Gasteiger partial charge is 0.233 e. The van der Waals surface area contributed by atoms with E-state index in [0.717, 1.165) is 35.6 Å². The lowest BCUT2D eigenvalue weighted by molar-refractivity contribution is -0.131. The first-order valence-corrected chi connectivity index (χ1v) is 8.96. The maximum Gasteiger partial charge on any atom is 0.233 e. The SMILES string of the molecule is C[C@H]1CCCCN1C(=O)CSc1n[nH]c2nc3ccccc3n12. The second-order valence-corrected chi connectivity index (χ2v) is 6.93. The second kappa shape index (κ2) is 5.88. The molecule has 0 saturated carbocycles. The van der Waals surface area contributed by atoms with Crippen LogP contribution in [0.2, 0.25) is 0 Å². The summed E-state index contributed by atoms with van der Waals surface area (Å²) in [5.41, 5.74) is 1.94. The van der Waals surface area contributed by atoms with E-state index in [-0.39, 0.29) is 5.91 Å². The maximum absolute atomic E-state index is 12.5. The van der Waals surface area contributed by atoms with Crippen LogP contribution in [0.1, 0.15) is 26.2 Å². The van der Waals surface area contributed by atoms with E-state index in [2.05, 4.69) is 22.1 Å². The van der Waals surface area contributed by atoms with E-state index in [9.17, 15) is 4.79 Å². The zero-order valence-electron chi connectivity index (χ0n) is 13.0. The van der Waals surface area contributed by atoms with Crippen molar-refractivity contribution in [2.24, 2.45) is 0 Å². The summed E-state index contributed by atoms with van der Waals surface area (Å²) in [6.07, 6.45) is 3.44. The van der Waals surface area contributed by atoms with Gasteiger partial charge in [0.05, 0.1) is 16.8 Å². The van der Waals surface area contributed by atoms with Gasteiger partial charge in [-0.3, -0.25) is 9.20 Å². The first-order chi connectivity index (χ1) is 11.2. The summed E-state index contributed by atoms with van der Waals surface area (Å²) in [7, 11) is 0. The number of fused-ring (bicyclic) bond motifs is 3. The number of H-pyrrole nitrogens is 1. The number of aromatic amines is 1. The molecule has 1 aliphatic rings. The Kier molecular flexibility index (Phi) is 3.72. The number of benzene rings is 1. The number of para-hydroxylation sites is 2. The van der Waals surface area contributed by atoms with Gasteiger partial charge in [0.15, 0.2) is 5.16 Å². The Hall–Kier alpha value is -2.02. The Morgan fingerprint density at radius 1 is 1.39 bits per heavy atom. The number of carbonyl (C=O) groups is 1.